The average molecular weight is 1490 g/mol. The molecular weight excluding hydrogens is 1420 g/mol. The SMILES string of the molecule is c1ccc(-c2ccc(N3c4cc(-c5ccccc5)ccc4B4c5cc6c(cc5N(c5ccccc5-c5ccccc5)c5cc(-c7ccc8oc9ccccc9c8c7)cc3c54)N(c3ccccc3-c3ccccc3)c3cc(-c4ccc5oc7ccccc7c5c4)cc4c3B6c3ccc(-c5ccccc5-c5ccccc5)cc3S4)cc2)cc1. The topological polar surface area (TPSA) is 36.0 Å². The zero-order valence-electron chi connectivity index (χ0n) is 62.9. The molecule has 2 aromatic heterocycles. The second-order valence-corrected chi connectivity index (χ2v) is 32.0. The Labute approximate surface area is 677 Å². The zero-order valence-corrected chi connectivity index (χ0v) is 63.7. The normalized spacial score (nSPS) is 12.9. The molecule has 0 aliphatic carbocycles. The van der Waals surface area contributed by atoms with E-state index >= 15 is 0 Å². The Hall–Kier alpha value is -14.6. The predicted octanol–water partition coefficient (Wildman–Crippen LogP) is 25.7. The lowest BCUT2D eigenvalue weighted by molar-refractivity contribution is 0.668. The Kier molecular flexibility index (Phi) is 15.1. The van der Waals surface area contributed by atoms with E-state index in [9.17, 15) is 0 Å². The van der Waals surface area contributed by atoms with Crippen LogP contribution in [-0.4, -0.2) is 13.4 Å². The monoisotopic (exact) mass is 1490 g/mol. The summed E-state index contributed by atoms with van der Waals surface area (Å²) in [6, 6.07) is 151. The summed E-state index contributed by atoms with van der Waals surface area (Å²) < 4.78 is 13.2. The molecule has 0 amide bonds. The Morgan fingerprint density at radius 2 is 0.552 bits per heavy atom. The highest BCUT2D eigenvalue weighted by atomic mass is 32.2. The van der Waals surface area contributed by atoms with E-state index in [-0.39, 0.29) is 13.4 Å². The van der Waals surface area contributed by atoms with Crippen molar-refractivity contribution < 1.29 is 8.83 Å². The molecule has 0 fully saturated rings. The molecule has 6 heterocycles. The highest BCUT2D eigenvalue weighted by molar-refractivity contribution is 8.00. The maximum atomic E-state index is 6.63. The first kappa shape index (κ1) is 66.1. The maximum Gasteiger partial charge on any atom is 0.252 e. The summed E-state index contributed by atoms with van der Waals surface area (Å²) in [6.07, 6.45) is 0. The van der Waals surface area contributed by atoms with Crippen LogP contribution in [0.5, 0.6) is 0 Å². The molecule has 0 radical (unpaired) electrons. The fraction of sp³-hybridized carbons (Fsp3) is 0. The Bertz CT molecular complexity index is 7390. The van der Waals surface area contributed by atoms with E-state index in [0.29, 0.717) is 0 Å². The van der Waals surface area contributed by atoms with Gasteiger partial charge in [-0.15, -0.1) is 0 Å². The number of anilines is 9. The first-order chi connectivity index (χ1) is 57.5. The van der Waals surface area contributed by atoms with Crippen molar-refractivity contribution in [2.45, 2.75) is 9.79 Å². The number of nitrogens with zero attached hydrogens (tertiary/aromatic N) is 3. The summed E-state index contributed by atoms with van der Waals surface area (Å²) in [5.41, 5.74) is 39.1. The lowest BCUT2D eigenvalue weighted by Gasteiger charge is -2.47. The summed E-state index contributed by atoms with van der Waals surface area (Å²) in [5.74, 6) is 0. The molecule has 0 saturated carbocycles. The van der Waals surface area contributed by atoms with Crippen LogP contribution in [0.2, 0.25) is 0 Å². The van der Waals surface area contributed by atoms with Gasteiger partial charge in [-0.05, 0) is 208 Å². The molecule has 4 aliphatic rings. The number of benzene rings is 18. The van der Waals surface area contributed by atoms with Crippen LogP contribution in [0, 0.1) is 0 Å². The fourth-order valence-electron chi connectivity index (χ4n) is 19.2. The third kappa shape index (κ3) is 10.5. The molecule has 0 N–H and O–H groups in total. The second-order valence-electron chi connectivity index (χ2n) is 30.9. The molecule has 0 bridgehead atoms. The molecule has 24 rings (SSSR count). The van der Waals surface area contributed by atoms with Crippen molar-refractivity contribution in [3.8, 4) is 89.0 Å². The van der Waals surface area contributed by atoms with Crippen LogP contribution >= 0.6 is 11.8 Å². The molecule has 0 unspecified atom stereocenters. The number of hydrogen-bond acceptors (Lipinski definition) is 6. The predicted molar refractivity (Wildman–Crippen MR) is 488 cm³/mol. The first-order valence-corrected chi connectivity index (χ1v) is 40.7. The molecular formula is C108H67B2N3O2S. The number of fused-ring (bicyclic) bond motifs is 14. The van der Waals surface area contributed by atoms with Gasteiger partial charge in [0.05, 0.1) is 11.4 Å². The van der Waals surface area contributed by atoms with E-state index in [1.807, 2.05) is 11.8 Å². The molecule has 538 valence electrons. The van der Waals surface area contributed by atoms with Gasteiger partial charge < -0.3 is 23.5 Å². The van der Waals surface area contributed by atoms with Gasteiger partial charge in [-0.3, -0.25) is 0 Å². The van der Waals surface area contributed by atoms with Gasteiger partial charge in [-0.2, -0.15) is 0 Å². The number of furan rings is 2. The molecule has 18 aromatic carbocycles. The summed E-state index contributed by atoms with van der Waals surface area (Å²) in [4.78, 5) is 10.4. The van der Waals surface area contributed by atoms with Crippen molar-refractivity contribution in [2.24, 2.45) is 0 Å². The minimum atomic E-state index is -0.286. The van der Waals surface area contributed by atoms with Gasteiger partial charge in [0, 0.05) is 82.3 Å². The summed E-state index contributed by atoms with van der Waals surface area (Å²) in [5, 5.41) is 4.35. The van der Waals surface area contributed by atoms with E-state index in [4.69, 9.17) is 8.83 Å². The third-order valence-corrected chi connectivity index (χ3v) is 25.6. The Morgan fingerprint density at radius 1 is 0.190 bits per heavy atom. The van der Waals surface area contributed by atoms with Crippen molar-refractivity contribution >= 4 is 153 Å². The molecule has 116 heavy (non-hydrogen) atoms. The lowest BCUT2D eigenvalue weighted by atomic mass is 9.30. The van der Waals surface area contributed by atoms with Crippen LogP contribution in [0.3, 0.4) is 0 Å². The van der Waals surface area contributed by atoms with Gasteiger partial charge in [-0.25, -0.2) is 0 Å². The van der Waals surface area contributed by atoms with Crippen molar-refractivity contribution in [2.75, 3.05) is 14.7 Å². The highest BCUT2D eigenvalue weighted by Gasteiger charge is 2.49. The van der Waals surface area contributed by atoms with E-state index in [1.165, 1.54) is 70.4 Å². The van der Waals surface area contributed by atoms with Gasteiger partial charge in [0.25, 0.3) is 6.71 Å². The van der Waals surface area contributed by atoms with Gasteiger partial charge >= 0.3 is 0 Å². The molecule has 0 saturated heterocycles. The highest BCUT2D eigenvalue weighted by Crippen LogP contribution is 2.54. The maximum absolute atomic E-state index is 6.63. The zero-order chi connectivity index (χ0) is 76.1. The molecule has 0 spiro atoms. The van der Waals surface area contributed by atoms with Gasteiger partial charge in [-0.1, -0.05) is 321 Å². The third-order valence-electron chi connectivity index (χ3n) is 24.5. The van der Waals surface area contributed by atoms with Gasteiger partial charge in [0.2, 0.25) is 6.71 Å². The van der Waals surface area contributed by atoms with Crippen LogP contribution in [0.15, 0.2) is 425 Å². The first-order valence-electron chi connectivity index (χ1n) is 39.9. The Morgan fingerprint density at radius 3 is 1.11 bits per heavy atom. The molecule has 5 nitrogen and oxygen atoms in total. The van der Waals surface area contributed by atoms with Crippen LogP contribution in [0.4, 0.5) is 51.2 Å². The van der Waals surface area contributed by atoms with Gasteiger partial charge in [0.1, 0.15) is 22.3 Å². The van der Waals surface area contributed by atoms with Crippen LogP contribution < -0.4 is 47.5 Å². The molecule has 0 atom stereocenters. The van der Waals surface area contributed by atoms with Crippen molar-refractivity contribution in [1.82, 2.24) is 0 Å². The van der Waals surface area contributed by atoms with E-state index in [1.54, 1.807) is 0 Å². The summed E-state index contributed by atoms with van der Waals surface area (Å²) >= 11 is 1.91. The molecule has 4 aliphatic heterocycles. The van der Waals surface area contributed by atoms with Crippen molar-refractivity contribution in [3.63, 3.8) is 0 Å². The number of para-hydroxylation sites is 4. The lowest BCUT2D eigenvalue weighted by Crippen LogP contribution is -2.64. The largest absolute Gasteiger partial charge is 0.456 e. The van der Waals surface area contributed by atoms with Crippen LogP contribution in [0.25, 0.3) is 133 Å². The molecule has 20 aromatic rings. The average Bonchev–Trinajstić information content (AvgIpc) is 0.906. The quantitative estimate of drug-likeness (QED) is 0.120. The fourth-order valence-corrected chi connectivity index (χ4v) is 20.5. The summed E-state index contributed by atoms with van der Waals surface area (Å²) in [6.45, 7) is -0.513. The van der Waals surface area contributed by atoms with Gasteiger partial charge in [0.15, 0.2) is 0 Å². The van der Waals surface area contributed by atoms with Crippen LogP contribution in [0.1, 0.15) is 0 Å². The second kappa shape index (κ2) is 26.5. The number of hydrogen-bond donors (Lipinski definition) is 0. The minimum Gasteiger partial charge on any atom is -0.456 e. The summed E-state index contributed by atoms with van der Waals surface area (Å²) in [7, 11) is 0. The number of rotatable bonds is 11. The van der Waals surface area contributed by atoms with Crippen molar-refractivity contribution in [3.05, 3.63) is 406 Å². The molecule has 8 heteroatoms. The Balaban J connectivity index is 0.828. The smallest absolute Gasteiger partial charge is 0.252 e. The standard InChI is InChI=1S/C108H67B2N3O2S/c1-6-26-68(27-7-1)70-46-52-80(53-47-70)111-95-60-76(69-28-8-2-9-29-69)48-54-89(95)109-91-66-92-97(67-96(91)112(93-42-22-18-38-83(93)72-32-12-4-13-33-72)99-62-78(61-98(111)107(99)109)74-50-56-103-87(58-74)85-40-20-24-44-101(85)114-103)113(94-43-23-19-39-84(94)73-34-14-5-15-35-73)100-63-79(75-51-57-104-88(59-75)86-41-21-25-45-102(86)115-104)65-106-108(100)110(92)90-55-49-77(64-105(90)116-106)82-37-17-16-36-81(82)71-30-10-3-11-31-71/h1-67H. The van der Waals surface area contributed by atoms with E-state index < -0.39 is 0 Å². The van der Waals surface area contributed by atoms with Crippen LogP contribution in [-0.2, 0) is 0 Å². The van der Waals surface area contributed by atoms with E-state index in [2.05, 4.69) is 421 Å². The van der Waals surface area contributed by atoms with E-state index in [0.717, 1.165) is 156 Å². The minimum absolute atomic E-state index is 0.227. The van der Waals surface area contributed by atoms with Crippen molar-refractivity contribution in [1.29, 1.82) is 0 Å².